The summed E-state index contributed by atoms with van der Waals surface area (Å²) in [7, 11) is 0. The summed E-state index contributed by atoms with van der Waals surface area (Å²) in [6.07, 6.45) is 4.88. The molecule has 3 nitrogen and oxygen atoms in total. The first kappa shape index (κ1) is 12.8. The Hall–Kier alpha value is -1.68. The van der Waals surface area contributed by atoms with Crippen LogP contribution in [0.25, 0.3) is 11.3 Å². The van der Waals surface area contributed by atoms with Crippen molar-refractivity contribution in [2.75, 3.05) is 0 Å². The monoisotopic (exact) mass is 247 g/mol. The predicted octanol–water partition coefficient (Wildman–Crippen LogP) is 3.41. The molecule has 1 unspecified atom stereocenters. The molecular formula is C14H18FN3. The molecule has 18 heavy (non-hydrogen) atoms. The minimum Gasteiger partial charge on any atom is -0.341 e. The third-order valence-corrected chi connectivity index (χ3v) is 2.97. The summed E-state index contributed by atoms with van der Waals surface area (Å²) in [5, 5.41) is 0. The van der Waals surface area contributed by atoms with Crippen LogP contribution in [0.3, 0.4) is 0 Å². The highest BCUT2D eigenvalue weighted by atomic mass is 19.1. The Labute approximate surface area is 106 Å². The van der Waals surface area contributed by atoms with E-state index in [2.05, 4.69) is 16.9 Å². The van der Waals surface area contributed by atoms with Crippen molar-refractivity contribution in [1.82, 2.24) is 9.97 Å². The maximum atomic E-state index is 12.8. The normalized spacial score (nSPS) is 12.6. The van der Waals surface area contributed by atoms with Crippen LogP contribution in [0.2, 0.25) is 0 Å². The zero-order valence-corrected chi connectivity index (χ0v) is 10.5. The van der Waals surface area contributed by atoms with Gasteiger partial charge in [0.15, 0.2) is 0 Å². The number of imidazole rings is 1. The molecule has 1 atom stereocenters. The van der Waals surface area contributed by atoms with E-state index in [0.717, 1.165) is 36.3 Å². The molecule has 0 spiro atoms. The van der Waals surface area contributed by atoms with Crippen molar-refractivity contribution in [1.29, 1.82) is 0 Å². The van der Waals surface area contributed by atoms with Gasteiger partial charge in [-0.1, -0.05) is 19.8 Å². The number of benzene rings is 1. The first-order chi connectivity index (χ1) is 8.70. The molecule has 0 radical (unpaired) electrons. The van der Waals surface area contributed by atoms with Gasteiger partial charge in [0, 0.05) is 0 Å². The first-order valence-corrected chi connectivity index (χ1v) is 6.27. The van der Waals surface area contributed by atoms with Crippen LogP contribution < -0.4 is 5.73 Å². The van der Waals surface area contributed by atoms with E-state index in [4.69, 9.17) is 5.73 Å². The fourth-order valence-electron chi connectivity index (χ4n) is 1.86. The highest BCUT2D eigenvalue weighted by Crippen LogP contribution is 2.20. The summed E-state index contributed by atoms with van der Waals surface area (Å²) in [4.78, 5) is 7.49. The van der Waals surface area contributed by atoms with Crippen molar-refractivity contribution < 1.29 is 4.39 Å². The third kappa shape index (κ3) is 2.96. The maximum absolute atomic E-state index is 12.8. The average molecular weight is 247 g/mol. The number of halogens is 1. The number of rotatable bonds is 5. The number of nitrogens with zero attached hydrogens (tertiary/aromatic N) is 1. The summed E-state index contributed by atoms with van der Waals surface area (Å²) in [6.45, 7) is 2.14. The summed E-state index contributed by atoms with van der Waals surface area (Å²) in [5.41, 5.74) is 7.83. The molecule has 2 aromatic rings. The molecule has 0 amide bonds. The summed E-state index contributed by atoms with van der Waals surface area (Å²) < 4.78 is 12.8. The molecule has 3 N–H and O–H groups in total. The van der Waals surface area contributed by atoms with Crippen LogP contribution in [0.4, 0.5) is 4.39 Å². The second-order valence-corrected chi connectivity index (χ2v) is 4.44. The van der Waals surface area contributed by atoms with Crippen LogP contribution in [0.1, 0.15) is 38.1 Å². The molecule has 0 aliphatic carbocycles. The van der Waals surface area contributed by atoms with Crippen molar-refractivity contribution in [2.24, 2.45) is 5.73 Å². The molecule has 0 saturated heterocycles. The van der Waals surface area contributed by atoms with Crippen molar-refractivity contribution in [3.63, 3.8) is 0 Å². The number of nitrogens with two attached hydrogens (primary N) is 1. The van der Waals surface area contributed by atoms with E-state index in [-0.39, 0.29) is 11.9 Å². The fourth-order valence-corrected chi connectivity index (χ4v) is 1.86. The van der Waals surface area contributed by atoms with Crippen LogP contribution in [0, 0.1) is 5.82 Å². The fraction of sp³-hybridized carbons (Fsp3) is 0.357. The standard InChI is InChI=1S/C14H18FN3/c1-2-3-4-12(16)14-17-9-13(18-14)10-5-7-11(15)8-6-10/h5-9,12H,2-4,16H2,1H3,(H,17,18). The Morgan fingerprint density at radius 2 is 2.06 bits per heavy atom. The molecule has 1 heterocycles. The van der Waals surface area contributed by atoms with Gasteiger partial charge in [0.25, 0.3) is 0 Å². The number of nitrogens with one attached hydrogen (secondary N) is 1. The smallest absolute Gasteiger partial charge is 0.123 e. The zero-order valence-electron chi connectivity index (χ0n) is 10.5. The molecule has 4 heteroatoms. The SMILES string of the molecule is CCCCC(N)c1ncc(-c2ccc(F)cc2)[nH]1. The van der Waals surface area contributed by atoms with Crippen LogP contribution in [0.15, 0.2) is 30.5 Å². The number of hydrogen-bond acceptors (Lipinski definition) is 2. The quantitative estimate of drug-likeness (QED) is 0.850. The van der Waals surface area contributed by atoms with E-state index >= 15 is 0 Å². The van der Waals surface area contributed by atoms with Gasteiger partial charge in [0.1, 0.15) is 11.6 Å². The number of hydrogen-bond donors (Lipinski definition) is 2. The van der Waals surface area contributed by atoms with Crippen LogP contribution in [-0.4, -0.2) is 9.97 Å². The molecule has 96 valence electrons. The topological polar surface area (TPSA) is 54.7 Å². The lowest BCUT2D eigenvalue weighted by molar-refractivity contribution is 0.580. The number of H-pyrrole nitrogens is 1. The van der Waals surface area contributed by atoms with E-state index < -0.39 is 0 Å². The van der Waals surface area contributed by atoms with Crippen molar-refractivity contribution in [3.05, 3.63) is 42.1 Å². The summed E-state index contributed by atoms with van der Waals surface area (Å²) in [6, 6.07) is 6.27. The van der Waals surface area contributed by atoms with E-state index in [0.29, 0.717) is 0 Å². The Morgan fingerprint density at radius 1 is 1.33 bits per heavy atom. The molecule has 0 aliphatic heterocycles. The minimum absolute atomic E-state index is 0.0563. The van der Waals surface area contributed by atoms with Crippen molar-refractivity contribution in [3.8, 4) is 11.3 Å². The van der Waals surface area contributed by atoms with Gasteiger partial charge in [-0.25, -0.2) is 9.37 Å². The van der Waals surface area contributed by atoms with E-state index in [1.807, 2.05) is 0 Å². The number of aromatic amines is 1. The van der Waals surface area contributed by atoms with Crippen LogP contribution in [-0.2, 0) is 0 Å². The molecule has 1 aromatic heterocycles. The molecular weight excluding hydrogens is 229 g/mol. The second kappa shape index (κ2) is 5.78. The average Bonchev–Trinajstić information content (AvgIpc) is 2.86. The highest BCUT2D eigenvalue weighted by Gasteiger charge is 2.10. The molecule has 0 fully saturated rings. The summed E-state index contributed by atoms with van der Waals surface area (Å²) in [5.74, 6) is 0.556. The van der Waals surface area contributed by atoms with Gasteiger partial charge in [0.05, 0.1) is 17.9 Å². The van der Waals surface area contributed by atoms with Crippen molar-refractivity contribution in [2.45, 2.75) is 32.2 Å². The van der Waals surface area contributed by atoms with E-state index in [1.165, 1.54) is 12.1 Å². The molecule has 1 aromatic carbocycles. The summed E-state index contributed by atoms with van der Waals surface area (Å²) >= 11 is 0. The highest BCUT2D eigenvalue weighted by molar-refractivity contribution is 5.58. The van der Waals surface area contributed by atoms with Crippen LogP contribution in [0.5, 0.6) is 0 Å². The lowest BCUT2D eigenvalue weighted by Crippen LogP contribution is -2.11. The third-order valence-electron chi connectivity index (χ3n) is 2.97. The van der Waals surface area contributed by atoms with Gasteiger partial charge in [-0.3, -0.25) is 0 Å². The van der Waals surface area contributed by atoms with Crippen molar-refractivity contribution >= 4 is 0 Å². The van der Waals surface area contributed by atoms with Crippen LogP contribution >= 0.6 is 0 Å². The molecule has 0 aliphatic rings. The Balaban J connectivity index is 2.12. The molecule has 0 bridgehead atoms. The maximum Gasteiger partial charge on any atom is 0.123 e. The van der Waals surface area contributed by atoms with E-state index in [9.17, 15) is 4.39 Å². The first-order valence-electron chi connectivity index (χ1n) is 6.27. The Kier molecular flexibility index (Phi) is 4.10. The molecule has 2 rings (SSSR count). The zero-order chi connectivity index (χ0) is 13.0. The number of aromatic nitrogens is 2. The Morgan fingerprint density at radius 3 is 2.72 bits per heavy atom. The van der Waals surface area contributed by atoms with Gasteiger partial charge in [-0.15, -0.1) is 0 Å². The lowest BCUT2D eigenvalue weighted by Gasteiger charge is -2.07. The molecule has 0 saturated carbocycles. The predicted molar refractivity (Wildman–Crippen MR) is 70.4 cm³/mol. The van der Waals surface area contributed by atoms with Gasteiger partial charge in [-0.05, 0) is 36.2 Å². The number of unbranched alkanes of at least 4 members (excludes halogenated alkanes) is 1. The lowest BCUT2D eigenvalue weighted by atomic mass is 10.1. The Bertz CT molecular complexity index is 490. The largest absolute Gasteiger partial charge is 0.341 e. The van der Waals surface area contributed by atoms with Gasteiger partial charge >= 0.3 is 0 Å². The van der Waals surface area contributed by atoms with Gasteiger partial charge < -0.3 is 10.7 Å². The van der Waals surface area contributed by atoms with Gasteiger partial charge in [-0.2, -0.15) is 0 Å². The second-order valence-electron chi connectivity index (χ2n) is 4.44. The van der Waals surface area contributed by atoms with E-state index in [1.54, 1.807) is 18.3 Å². The van der Waals surface area contributed by atoms with Gasteiger partial charge in [0.2, 0.25) is 0 Å². The minimum atomic E-state index is -0.238.